The molecule has 1 aliphatic carbocycles. The van der Waals surface area contributed by atoms with Crippen LogP contribution in [0.1, 0.15) is 64.0 Å². The molecule has 0 aliphatic heterocycles. The lowest BCUT2D eigenvalue weighted by molar-refractivity contribution is 0.253. The SMILES string of the molecule is CCCC(NC1CCCCC1C)c1ccc(Cl)cc1. The Labute approximate surface area is 122 Å². The molecule has 19 heavy (non-hydrogen) atoms. The van der Waals surface area contributed by atoms with Crippen LogP contribution in [0.15, 0.2) is 24.3 Å². The first-order valence-electron chi connectivity index (χ1n) is 7.72. The van der Waals surface area contributed by atoms with Crippen molar-refractivity contribution in [2.45, 2.75) is 64.5 Å². The molecule has 1 N–H and O–H groups in total. The fraction of sp³-hybridized carbons (Fsp3) is 0.647. The monoisotopic (exact) mass is 279 g/mol. The lowest BCUT2D eigenvalue weighted by Crippen LogP contribution is -2.39. The smallest absolute Gasteiger partial charge is 0.0406 e. The van der Waals surface area contributed by atoms with Gasteiger partial charge in [0.2, 0.25) is 0 Å². The van der Waals surface area contributed by atoms with Gasteiger partial charge >= 0.3 is 0 Å². The van der Waals surface area contributed by atoms with Gasteiger partial charge in [0.05, 0.1) is 0 Å². The van der Waals surface area contributed by atoms with Gasteiger partial charge in [0.15, 0.2) is 0 Å². The summed E-state index contributed by atoms with van der Waals surface area (Å²) in [6.45, 7) is 4.65. The van der Waals surface area contributed by atoms with Crippen molar-refractivity contribution in [3.8, 4) is 0 Å². The molecule has 1 aromatic rings. The van der Waals surface area contributed by atoms with Crippen molar-refractivity contribution in [3.05, 3.63) is 34.9 Å². The van der Waals surface area contributed by atoms with Crippen LogP contribution in [0.2, 0.25) is 5.02 Å². The van der Waals surface area contributed by atoms with Gasteiger partial charge in [-0.15, -0.1) is 0 Å². The highest BCUT2D eigenvalue weighted by atomic mass is 35.5. The fourth-order valence-corrected chi connectivity index (χ4v) is 3.28. The van der Waals surface area contributed by atoms with Crippen molar-refractivity contribution >= 4 is 11.6 Å². The van der Waals surface area contributed by atoms with E-state index in [4.69, 9.17) is 11.6 Å². The number of halogens is 1. The minimum absolute atomic E-state index is 0.479. The van der Waals surface area contributed by atoms with Crippen molar-refractivity contribution in [2.24, 2.45) is 5.92 Å². The Morgan fingerprint density at radius 2 is 1.89 bits per heavy atom. The average Bonchev–Trinajstić information content (AvgIpc) is 2.42. The predicted molar refractivity (Wildman–Crippen MR) is 83.7 cm³/mol. The third-order valence-electron chi connectivity index (χ3n) is 4.38. The second-order valence-electron chi connectivity index (χ2n) is 5.93. The highest BCUT2D eigenvalue weighted by Crippen LogP contribution is 2.28. The van der Waals surface area contributed by atoms with E-state index in [2.05, 4.69) is 31.3 Å². The quantitative estimate of drug-likeness (QED) is 0.766. The highest BCUT2D eigenvalue weighted by Gasteiger charge is 2.24. The van der Waals surface area contributed by atoms with Gasteiger partial charge in [0.1, 0.15) is 0 Å². The van der Waals surface area contributed by atoms with Crippen molar-refractivity contribution in [2.75, 3.05) is 0 Å². The molecular weight excluding hydrogens is 254 g/mol. The van der Waals surface area contributed by atoms with Crippen molar-refractivity contribution in [1.29, 1.82) is 0 Å². The van der Waals surface area contributed by atoms with E-state index in [1.54, 1.807) is 0 Å². The molecule has 0 bridgehead atoms. The van der Waals surface area contributed by atoms with Crippen LogP contribution in [0.25, 0.3) is 0 Å². The zero-order chi connectivity index (χ0) is 13.7. The van der Waals surface area contributed by atoms with Crippen LogP contribution in [0.4, 0.5) is 0 Å². The third-order valence-corrected chi connectivity index (χ3v) is 4.63. The van der Waals surface area contributed by atoms with E-state index in [1.165, 1.54) is 44.1 Å². The molecule has 3 atom stereocenters. The lowest BCUT2D eigenvalue weighted by atomic mass is 9.85. The van der Waals surface area contributed by atoms with Gasteiger partial charge in [-0.05, 0) is 42.9 Å². The fourth-order valence-electron chi connectivity index (χ4n) is 3.15. The molecule has 3 unspecified atom stereocenters. The number of rotatable bonds is 5. The molecule has 1 aromatic carbocycles. The Morgan fingerprint density at radius 3 is 2.53 bits per heavy atom. The molecule has 0 saturated heterocycles. The zero-order valence-electron chi connectivity index (χ0n) is 12.2. The maximum Gasteiger partial charge on any atom is 0.0406 e. The lowest BCUT2D eigenvalue weighted by Gasteiger charge is -2.33. The van der Waals surface area contributed by atoms with E-state index in [1.807, 2.05) is 12.1 Å². The summed E-state index contributed by atoms with van der Waals surface area (Å²) in [6, 6.07) is 9.51. The Kier molecular flexibility index (Phi) is 5.72. The number of hydrogen-bond donors (Lipinski definition) is 1. The summed E-state index contributed by atoms with van der Waals surface area (Å²) < 4.78 is 0. The summed E-state index contributed by atoms with van der Waals surface area (Å²) in [4.78, 5) is 0. The molecular formula is C17H26ClN. The Balaban J connectivity index is 2.04. The maximum atomic E-state index is 5.99. The minimum atomic E-state index is 0.479. The molecule has 1 fully saturated rings. The van der Waals surface area contributed by atoms with Crippen LogP contribution in [-0.4, -0.2) is 6.04 Å². The minimum Gasteiger partial charge on any atom is -0.307 e. The Morgan fingerprint density at radius 1 is 1.21 bits per heavy atom. The average molecular weight is 280 g/mol. The van der Waals surface area contributed by atoms with E-state index in [9.17, 15) is 0 Å². The van der Waals surface area contributed by atoms with Crippen LogP contribution >= 0.6 is 11.6 Å². The normalized spacial score (nSPS) is 25.2. The van der Waals surface area contributed by atoms with Gasteiger partial charge in [-0.3, -0.25) is 0 Å². The van der Waals surface area contributed by atoms with Gasteiger partial charge < -0.3 is 5.32 Å². The molecule has 0 spiro atoms. The molecule has 0 aromatic heterocycles. The van der Waals surface area contributed by atoms with E-state index < -0.39 is 0 Å². The summed E-state index contributed by atoms with van der Waals surface area (Å²) in [5, 5.41) is 4.72. The first-order valence-corrected chi connectivity index (χ1v) is 8.10. The summed E-state index contributed by atoms with van der Waals surface area (Å²) in [5.41, 5.74) is 1.38. The van der Waals surface area contributed by atoms with Crippen LogP contribution in [0.5, 0.6) is 0 Å². The molecule has 2 heteroatoms. The summed E-state index contributed by atoms with van der Waals surface area (Å²) in [5.74, 6) is 0.806. The van der Waals surface area contributed by atoms with Crippen molar-refractivity contribution < 1.29 is 0 Å². The van der Waals surface area contributed by atoms with Gasteiger partial charge in [-0.1, -0.05) is 56.8 Å². The molecule has 0 heterocycles. The second kappa shape index (κ2) is 7.31. The molecule has 1 aliphatic rings. The topological polar surface area (TPSA) is 12.0 Å². The maximum absolute atomic E-state index is 5.99. The van der Waals surface area contributed by atoms with Crippen molar-refractivity contribution in [1.82, 2.24) is 5.32 Å². The Bertz CT molecular complexity index is 373. The van der Waals surface area contributed by atoms with Crippen LogP contribution < -0.4 is 5.32 Å². The van der Waals surface area contributed by atoms with Crippen LogP contribution in [0.3, 0.4) is 0 Å². The van der Waals surface area contributed by atoms with E-state index in [-0.39, 0.29) is 0 Å². The van der Waals surface area contributed by atoms with E-state index in [0.717, 1.165) is 10.9 Å². The van der Waals surface area contributed by atoms with E-state index >= 15 is 0 Å². The third kappa shape index (κ3) is 4.22. The summed E-state index contributed by atoms with van der Waals surface area (Å²) >= 11 is 5.99. The number of nitrogens with one attached hydrogen (secondary N) is 1. The number of benzene rings is 1. The highest BCUT2D eigenvalue weighted by molar-refractivity contribution is 6.30. The molecule has 106 valence electrons. The first kappa shape index (κ1) is 14.9. The standard InChI is InChI=1S/C17H26ClN/c1-3-6-17(14-9-11-15(18)12-10-14)19-16-8-5-4-7-13(16)2/h9-13,16-17,19H,3-8H2,1-2H3. The second-order valence-corrected chi connectivity index (χ2v) is 6.36. The van der Waals surface area contributed by atoms with Gasteiger partial charge in [0, 0.05) is 17.1 Å². The van der Waals surface area contributed by atoms with Gasteiger partial charge in [0.25, 0.3) is 0 Å². The van der Waals surface area contributed by atoms with Gasteiger partial charge in [-0.2, -0.15) is 0 Å². The van der Waals surface area contributed by atoms with Crippen molar-refractivity contribution in [3.63, 3.8) is 0 Å². The van der Waals surface area contributed by atoms with Crippen LogP contribution in [0, 0.1) is 5.92 Å². The molecule has 1 nitrogen and oxygen atoms in total. The van der Waals surface area contributed by atoms with Crippen LogP contribution in [-0.2, 0) is 0 Å². The summed E-state index contributed by atoms with van der Waals surface area (Å²) in [7, 11) is 0. The summed E-state index contributed by atoms with van der Waals surface area (Å²) in [6.07, 6.45) is 7.89. The largest absolute Gasteiger partial charge is 0.307 e. The first-order chi connectivity index (χ1) is 9.20. The predicted octanol–water partition coefficient (Wildman–Crippen LogP) is 5.35. The van der Waals surface area contributed by atoms with Gasteiger partial charge in [-0.25, -0.2) is 0 Å². The Hall–Kier alpha value is -0.530. The van der Waals surface area contributed by atoms with E-state index in [0.29, 0.717) is 12.1 Å². The number of hydrogen-bond acceptors (Lipinski definition) is 1. The molecule has 0 amide bonds. The molecule has 0 radical (unpaired) electrons. The molecule has 2 rings (SSSR count). The zero-order valence-corrected chi connectivity index (χ0v) is 12.9. The molecule has 1 saturated carbocycles.